The Morgan fingerprint density at radius 2 is 1.97 bits per heavy atom. The van der Waals surface area contributed by atoms with Crippen molar-refractivity contribution in [2.24, 2.45) is 0 Å². The number of halogens is 1. The van der Waals surface area contributed by atoms with Gasteiger partial charge in [-0.25, -0.2) is 13.4 Å². The molecule has 0 saturated heterocycles. The van der Waals surface area contributed by atoms with Crippen LogP contribution < -0.4 is 5.32 Å². The van der Waals surface area contributed by atoms with Gasteiger partial charge in [-0.15, -0.1) is 0 Å². The Bertz CT molecular complexity index is 1270. The maximum absolute atomic E-state index is 13.3. The molecule has 0 radical (unpaired) electrons. The minimum atomic E-state index is -3.87. The van der Waals surface area contributed by atoms with Gasteiger partial charge in [0.15, 0.2) is 0 Å². The Balaban J connectivity index is 1.65. The molecule has 0 aliphatic heterocycles. The number of anilines is 1. The molecule has 7 nitrogen and oxygen atoms in total. The number of sulfone groups is 1. The lowest BCUT2D eigenvalue weighted by Crippen LogP contribution is -2.10. The van der Waals surface area contributed by atoms with E-state index in [1.165, 1.54) is 0 Å². The van der Waals surface area contributed by atoms with Gasteiger partial charge in [0.25, 0.3) is 0 Å². The van der Waals surface area contributed by atoms with Crippen LogP contribution >= 0.6 is 15.9 Å². The van der Waals surface area contributed by atoms with Crippen molar-refractivity contribution in [3.63, 3.8) is 0 Å². The van der Waals surface area contributed by atoms with Gasteiger partial charge in [0.05, 0.1) is 11.2 Å². The number of aromatic nitrogens is 3. The predicted molar refractivity (Wildman–Crippen MR) is 122 cm³/mol. The zero-order valence-electron chi connectivity index (χ0n) is 16.8. The highest BCUT2D eigenvalue weighted by Crippen LogP contribution is 2.33. The van der Waals surface area contributed by atoms with Gasteiger partial charge in [-0.2, -0.15) is 4.98 Å². The van der Waals surface area contributed by atoms with Gasteiger partial charge < -0.3 is 14.3 Å². The number of nitrogens with one attached hydrogen (secondary N) is 1. The molecule has 1 N–H and O–H groups in total. The largest absolute Gasteiger partial charge is 0.419 e. The lowest BCUT2D eigenvalue weighted by atomic mass is 10.1. The third-order valence-corrected chi connectivity index (χ3v) is 6.88. The Kier molecular flexibility index (Phi) is 6.24. The molecule has 0 saturated carbocycles. The minimum Gasteiger partial charge on any atom is -0.419 e. The van der Waals surface area contributed by atoms with Gasteiger partial charge in [-0.05, 0) is 49.7 Å². The third kappa shape index (κ3) is 4.88. The van der Waals surface area contributed by atoms with E-state index in [1.807, 2.05) is 42.0 Å². The molecule has 4 rings (SSSR count). The number of aryl methyl sites for hydroxylation is 2. The highest BCUT2D eigenvalue weighted by atomic mass is 79.9. The SMILES string of the molecule is Cc1cccc(-c2nc(S(=O)(=O)c3ccc(Br)cc3)c(NCCCn3ccnc3)o2)c1. The monoisotopic (exact) mass is 500 g/mol. The van der Waals surface area contributed by atoms with Gasteiger partial charge >= 0.3 is 0 Å². The van der Waals surface area contributed by atoms with Crippen LogP contribution in [0, 0.1) is 6.92 Å². The van der Waals surface area contributed by atoms with Crippen LogP contribution in [-0.2, 0) is 16.4 Å². The van der Waals surface area contributed by atoms with Crippen LogP contribution in [0.2, 0.25) is 0 Å². The van der Waals surface area contributed by atoms with Crippen LogP contribution in [0.4, 0.5) is 5.88 Å². The molecule has 0 amide bonds. The van der Waals surface area contributed by atoms with Crippen LogP contribution in [0.3, 0.4) is 0 Å². The van der Waals surface area contributed by atoms with Gasteiger partial charge in [0, 0.05) is 35.5 Å². The van der Waals surface area contributed by atoms with Crippen LogP contribution in [0.15, 0.2) is 86.1 Å². The molecule has 160 valence electrons. The van der Waals surface area contributed by atoms with E-state index >= 15 is 0 Å². The zero-order chi connectivity index (χ0) is 21.8. The standard InChI is InChI=1S/C22H21BrN4O3S/c1-16-4-2-5-17(14-16)20-26-22(31(28,29)19-8-6-18(23)7-9-19)21(30-20)25-10-3-12-27-13-11-24-15-27/h2,4-9,11,13-15,25H,3,10,12H2,1H3. The van der Waals surface area contributed by atoms with E-state index in [-0.39, 0.29) is 21.7 Å². The quantitative estimate of drug-likeness (QED) is 0.344. The van der Waals surface area contributed by atoms with Gasteiger partial charge in [-0.3, -0.25) is 0 Å². The average molecular weight is 501 g/mol. The fourth-order valence-corrected chi connectivity index (χ4v) is 4.65. The molecule has 9 heteroatoms. The first kappa shape index (κ1) is 21.3. The highest BCUT2D eigenvalue weighted by Gasteiger charge is 2.28. The molecule has 0 aliphatic carbocycles. The van der Waals surface area contributed by atoms with Gasteiger partial charge in [0.2, 0.25) is 26.6 Å². The van der Waals surface area contributed by atoms with Crippen LogP contribution in [0.25, 0.3) is 11.5 Å². The van der Waals surface area contributed by atoms with Crippen molar-refractivity contribution in [2.75, 3.05) is 11.9 Å². The smallest absolute Gasteiger partial charge is 0.233 e. The third-order valence-electron chi connectivity index (χ3n) is 4.68. The number of hydrogen-bond donors (Lipinski definition) is 1. The molecule has 0 fully saturated rings. The lowest BCUT2D eigenvalue weighted by molar-refractivity contribution is 0.571. The summed E-state index contributed by atoms with van der Waals surface area (Å²) in [6, 6.07) is 14.1. The molecular formula is C22H21BrN4O3S. The fraction of sp³-hybridized carbons (Fsp3) is 0.182. The van der Waals surface area contributed by atoms with E-state index in [4.69, 9.17) is 4.42 Å². The number of oxazole rings is 1. The molecule has 4 aromatic rings. The summed E-state index contributed by atoms with van der Waals surface area (Å²) in [7, 11) is -3.87. The van der Waals surface area contributed by atoms with E-state index in [9.17, 15) is 8.42 Å². The van der Waals surface area contributed by atoms with Crippen molar-refractivity contribution < 1.29 is 12.8 Å². The van der Waals surface area contributed by atoms with Crippen molar-refractivity contribution in [3.05, 3.63) is 77.3 Å². The summed E-state index contributed by atoms with van der Waals surface area (Å²) >= 11 is 3.34. The van der Waals surface area contributed by atoms with E-state index < -0.39 is 9.84 Å². The fourth-order valence-electron chi connectivity index (χ4n) is 3.11. The molecule has 0 unspecified atom stereocenters. The first-order chi connectivity index (χ1) is 14.9. The van der Waals surface area contributed by atoms with Crippen molar-refractivity contribution in [3.8, 4) is 11.5 Å². The lowest BCUT2D eigenvalue weighted by Gasteiger charge is -2.07. The summed E-state index contributed by atoms with van der Waals surface area (Å²) in [5.41, 5.74) is 1.75. The molecular weight excluding hydrogens is 480 g/mol. The highest BCUT2D eigenvalue weighted by molar-refractivity contribution is 9.10. The number of rotatable bonds is 8. The Hall–Kier alpha value is -2.91. The summed E-state index contributed by atoms with van der Waals surface area (Å²) in [5, 5.41) is 3.00. The maximum atomic E-state index is 13.3. The normalized spacial score (nSPS) is 11.5. The Labute approximate surface area is 189 Å². The van der Waals surface area contributed by atoms with E-state index in [0.717, 1.165) is 28.6 Å². The maximum Gasteiger partial charge on any atom is 0.233 e. The molecule has 31 heavy (non-hydrogen) atoms. The number of hydrogen-bond acceptors (Lipinski definition) is 6. The van der Waals surface area contributed by atoms with Gasteiger partial charge in [-0.1, -0.05) is 33.6 Å². The number of benzene rings is 2. The van der Waals surface area contributed by atoms with E-state index in [1.54, 1.807) is 36.8 Å². The van der Waals surface area contributed by atoms with Crippen molar-refractivity contribution in [1.82, 2.24) is 14.5 Å². The van der Waals surface area contributed by atoms with Crippen LogP contribution in [0.1, 0.15) is 12.0 Å². The average Bonchev–Trinajstić information content (AvgIpc) is 3.42. The zero-order valence-corrected chi connectivity index (χ0v) is 19.2. The summed E-state index contributed by atoms with van der Waals surface area (Å²) in [6.07, 6.45) is 6.11. The second kappa shape index (κ2) is 9.07. The summed E-state index contributed by atoms with van der Waals surface area (Å²) < 4.78 is 35.3. The van der Waals surface area contributed by atoms with Crippen molar-refractivity contribution in [2.45, 2.75) is 29.8 Å². The van der Waals surface area contributed by atoms with Crippen LogP contribution in [0.5, 0.6) is 0 Å². The second-order valence-electron chi connectivity index (χ2n) is 7.06. The molecule has 2 aromatic heterocycles. The Morgan fingerprint density at radius 3 is 2.68 bits per heavy atom. The van der Waals surface area contributed by atoms with E-state index in [0.29, 0.717) is 6.54 Å². The molecule has 0 aliphatic rings. The summed E-state index contributed by atoms with van der Waals surface area (Å²) in [4.78, 5) is 8.55. The molecule has 0 bridgehead atoms. The molecule has 2 heterocycles. The number of imidazole rings is 1. The number of nitrogens with zero attached hydrogens (tertiary/aromatic N) is 3. The summed E-state index contributed by atoms with van der Waals surface area (Å²) in [5.74, 6) is 0.404. The van der Waals surface area contributed by atoms with Crippen LogP contribution in [-0.4, -0.2) is 29.5 Å². The topological polar surface area (TPSA) is 90.0 Å². The predicted octanol–water partition coefficient (Wildman–Crippen LogP) is 4.94. The first-order valence-electron chi connectivity index (χ1n) is 9.71. The first-order valence-corrected chi connectivity index (χ1v) is 12.0. The van der Waals surface area contributed by atoms with E-state index in [2.05, 4.69) is 31.2 Å². The van der Waals surface area contributed by atoms with Gasteiger partial charge in [0.1, 0.15) is 0 Å². The second-order valence-corrected chi connectivity index (χ2v) is 9.84. The van der Waals surface area contributed by atoms with Crippen molar-refractivity contribution in [1.29, 1.82) is 0 Å². The minimum absolute atomic E-state index is 0.117. The molecule has 2 aromatic carbocycles. The molecule has 0 atom stereocenters. The molecule has 0 spiro atoms. The van der Waals surface area contributed by atoms with Crippen molar-refractivity contribution >= 4 is 31.7 Å². The summed E-state index contributed by atoms with van der Waals surface area (Å²) in [6.45, 7) is 3.23. The Morgan fingerprint density at radius 1 is 1.16 bits per heavy atom.